The molecule has 3 rings (SSSR count). The Balaban J connectivity index is 2.07. The van der Waals surface area contributed by atoms with E-state index in [0.29, 0.717) is 6.04 Å². The van der Waals surface area contributed by atoms with Crippen LogP contribution < -0.4 is 0 Å². The molecule has 0 bridgehead atoms. The predicted molar refractivity (Wildman–Crippen MR) is 69.1 cm³/mol. The molecule has 2 aromatic rings. The van der Waals surface area contributed by atoms with E-state index >= 15 is 0 Å². The van der Waals surface area contributed by atoms with Crippen molar-refractivity contribution in [1.82, 2.24) is 15.0 Å². The third kappa shape index (κ3) is 1.84. The van der Waals surface area contributed by atoms with E-state index in [4.69, 9.17) is 0 Å². The van der Waals surface area contributed by atoms with E-state index in [1.807, 2.05) is 0 Å². The maximum atomic E-state index is 4.37. The summed E-state index contributed by atoms with van der Waals surface area (Å²) >= 11 is 0. The zero-order valence-electron chi connectivity index (χ0n) is 10.6. The van der Waals surface area contributed by atoms with E-state index in [9.17, 15) is 0 Å². The Labute approximate surface area is 102 Å². The van der Waals surface area contributed by atoms with Gasteiger partial charge in [0.25, 0.3) is 0 Å². The monoisotopic (exact) mass is 229 g/mol. The first-order valence-electron chi connectivity index (χ1n) is 6.58. The Kier molecular flexibility index (Phi) is 2.61. The van der Waals surface area contributed by atoms with Crippen LogP contribution in [0.3, 0.4) is 0 Å². The number of benzene rings is 1. The van der Waals surface area contributed by atoms with Gasteiger partial charge in [0.2, 0.25) is 0 Å². The number of hydrogen-bond acceptors (Lipinski definition) is 2. The highest BCUT2D eigenvalue weighted by Gasteiger charge is 2.18. The lowest BCUT2D eigenvalue weighted by molar-refractivity contribution is 0.331. The van der Waals surface area contributed by atoms with Crippen molar-refractivity contribution in [2.75, 3.05) is 0 Å². The van der Waals surface area contributed by atoms with Crippen LogP contribution in [-0.4, -0.2) is 15.0 Å². The van der Waals surface area contributed by atoms with E-state index in [-0.39, 0.29) is 0 Å². The summed E-state index contributed by atoms with van der Waals surface area (Å²) in [5.41, 5.74) is 4.88. The molecule has 0 atom stereocenters. The zero-order valence-corrected chi connectivity index (χ0v) is 10.6. The van der Waals surface area contributed by atoms with Crippen LogP contribution in [0.15, 0.2) is 12.1 Å². The molecule has 1 aromatic carbocycles. The second-order valence-corrected chi connectivity index (χ2v) is 5.25. The molecule has 90 valence electrons. The maximum Gasteiger partial charge on any atom is 0.113 e. The van der Waals surface area contributed by atoms with Gasteiger partial charge in [0.05, 0.1) is 11.6 Å². The highest BCUT2D eigenvalue weighted by Crippen LogP contribution is 2.30. The number of fused-ring (bicyclic) bond motifs is 1. The minimum atomic E-state index is 0.566. The molecule has 1 heterocycles. The summed E-state index contributed by atoms with van der Waals surface area (Å²) in [6.45, 7) is 4.29. The first kappa shape index (κ1) is 10.8. The van der Waals surface area contributed by atoms with Crippen LogP contribution in [0.2, 0.25) is 0 Å². The van der Waals surface area contributed by atoms with Gasteiger partial charge >= 0.3 is 0 Å². The van der Waals surface area contributed by atoms with Gasteiger partial charge in [-0.3, -0.25) is 0 Å². The second kappa shape index (κ2) is 4.13. The Morgan fingerprint density at radius 3 is 2.53 bits per heavy atom. The van der Waals surface area contributed by atoms with E-state index in [0.717, 1.165) is 5.52 Å². The molecule has 1 aliphatic carbocycles. The Morgan fingerprint density at radius 2 is 1.76 bits per heavy atom. The van der Waals surface area contributed by atoms with Crippen LogP contribution in [0, 0.1) is 13.8 Å². The van der Waals surface area contributed by atoms with Crippen molar-refractivity contribution >= 4 is 11.0 Å². The predicted octanol–water partition coefficient (Wildman–Crippen LogP) is 3.55. The summed E-state index contributed by atoms with van der Waals surface area (Å²) < 4.78 is 2.15. The number of rotatable bonds is 1. The van der Waals surface area contributed by atoms with Gasteiger partial charge < -0.3 is 0 Å². The standard InChI is InChI=1S/C14H19N3/c1-10-8-13-14(9-11(10)2)17(16-15-13)12-6-4-3-5-7-12/h8-9,12H,3-7H2,1-2H3. The molecule has 0 saturated heterocycles. The minimum Gasteiger partial charge on any atom is -0.242 e. The molecule has 0 amide bonds. The average molecular weight is 229 g/mol. The maximum absolute atomic E-state index is 4.37. The summed E-state index contributed by atoms with van der Waals surface area (Å²) in [5.74, 6) is 0. The van der Waals surface area contributed by atoms with Gasteiger partial charge in [-0.2, -0.15) is 0 Å². The number of hydrogen-bond donors (Lipinski definition) is 0. The van der Waals surface area contributed by atoms with Gasteiger partial charge in [0.15, 0.2) is 0 Å². The SMILES string of the molecule is Cc1cc2nnn(C3CCCCC3)c2cc1C. The van der Waals surface area contributed by atoms with E-state index in [2.05, 4.69) is 41.0 Å². The van der Waals surface area contributed by atoms with E-state index in [1.165, 1.54) is 48.7 Å². The molecule has 1 saturated carbocycles. The topological polar surface area (TPSA) is 30.7 Å². The first-order valence-corrected chi connectivity index (χ1v) is 6.58. The summed E-state index contributed by atoms with van der Waals surface area (Å²) in [4.78, 5) is 0. The number of aromatic nitrogens is 3. The Hall–Kier alpha value is -1.38. The molecule has 1 aromatic heterocycles. The van der Waals surface area contributed by atoms with E-state index < -0.39 is 0 Å². The lowest BCUT2D eigenvalue weighted by atomic mass is 9.95. The molecule has 0 unspecified atom stereocenters. The molecule has 0 spiro atoms. The Morgan fingerprint density at radius 1 is 1.06 bits per heavy atom. The van der Waals surface area contributed by atoms with Crippen LogP contribution in [0.1, 0.15) is 49.3 Å². The van der Waals surface area contributed by atoms with Crippen LogP contribution in [0.4, 0.5) is 0 Å². The average Bonchev–Trinajstić information content (AvgIpc) is 2.74. The van der Waals surface area contributed by atoms with Crippen LogP contribution in [-0.2, 0) is 0 Å². The molecule has 17 heavy (non-hydrogen) atoms. The lowest BCUT2D eigenvalue weighted by Crippen LogP contribution is -2.14. The van der Waals surface area contributed by atoms with Gasteiger partial charge in [-0.25, -0.2) is 4.68 Å². The molecule has 3 heteroatoms. The smallest absolute Gasteiger partial charge is 0.113 e. The number of aryl methyl sites for hydroxylation is 2. The first-order chi connectivity index (χ1) is 8.25. The normalized spacial score (nSPS) is 17.8. The highest BCUT2D eigenvalue weighted by molar-refractivity contribution is 5.76. The fourth-order valence-electron chi connectivity index (χ4n) is 2.79. The summed E-state index contributed by atoms with van der Waals surface area (Å²) in [6, 6.07) is 4.95. The molecule has 0 radical (unpaired) electrons. The van der Waals surface area contributed by atoms with Gasteiger partial charge in [-0.15, -0.1) is 5.10 Å². The minimum absolute atomic E-state index is 0.566. The third-order valence-corrected chi connectivity index (χ3v) is 4.01. The molecule has 1 fully saturated rings. The third-order valence-electron chi connectivity index (χ3n) is 4.01. The van der Waals surface area contributed by atoms with Crippen molar-refractivity contribution in [2.45, 2.75) is 52.0 Å². The molecular formula is C14H19N3. The van der Waals surface area contributed by atoms with Gasteiger partial charge in [0.1, 0.15) is 5.52 Å². The molecule has 3 nitrogen and oxygen atoms in total. The fourth-order valence-corrected chi connectivity index (χ4v) is 2.79. The second-order valence-electron chi connectivity index (χ2n) is 5.25. The van der Waals surface area contributed by atoms with Gasteiger partial charge in [-0.1, -0.05) is 24.5 Å². The Bertz CT molecular complexity index is 536. The van der Waals surface area contributed by atoms with Crippen LogP contribution in [0.5, 0.6) is 0 Å². The van der Waals surface area contributed by atoms with Gasteiger partial charge in [0, 0.05) is 0 Å². The lowest BCUT2D eigenvalue weighted by Gasteiger charge is -2.22. The number of nitrogens with zero attached hydrogens (tertiary/aromatic N) is 3. The summed E-state index contributed by atoms with van der Waals surface area (Å²) in [7, 11) is 0. The van der Waals surface area contributed by atoms with Crippen molar-refractivity contribution in [1.29, 1.82) is 0 Å². The van der Waals surface area contributed by atoms with Crippen LogP contribution >= 0.6 is 0 Å². The van der Waals surface area contributed by atoms with Crippen molar-refractivity contribution in [3.8, 4) is 0 Å². The fraction of sp³-hybridized carbons (Fsp3) is 0.571. The quantitative estimate of drug-likeness (QED) is 0.748. The van der Waals surface area contributed by atoms with Crippen molar-refractivity contribution in [3.63, 3.8) is 0 Å². The molecular weight excluding hydrogens is 210 g/mol. The van der Waals surface area contributed by atoms with Crippen molar-refractivity contribution < 1.29 is 0 Å². The molecule has 0 aliphatic heterocycles. The van der Waals surface area contributed by atoms with E-state index in [1.54, 1.807) is 0 Å². The zero-order chi connectivity index (χ0) is 11.8. The van der Waals surface area contributed by atoms with Gasteiger partial charge in [-0.05, 0) is 49.9 Å². The highest BCUT2D eigenvalue weighted by atomic mass is 15.4. The molecule has 0 N–H and O–H groups in total. The molecule has 1 aliphatic rings. The summed E-state index contributed by atoms with van der Waals surface area (Å²) in [5, 5.41) is 8.68. The van der Waals surface area contributed by atoms with Crippen molar-refractivity contribution in [3.05, 3.63) is 23.3 Å². The van der Waals surface area contributed by atoms with Crippen LogP contribution in [0.25, 0.3) is 11.0 Å². The summed E-state index contributed by atoms with van der Waals surface area (Å²) in [6.07, 6.45) is 6.55. The van der Waals surface area contributed by atoms with Crippen molar-refractivity contribution in [2.24, 2.45) is 0 Å². The largest absolute Gasteiger partial charge is 0.242 e.